The van der Waals surface area contributed by atoms with Gasteiger partial charge in [-0.1, -0.05) is 318 Å². The summed E-state index contributed by atoms with van der Waals surface area (Å²) in [4.78, 5) is 38.4. The highest BCUT2D eigenvalue weighted by atomic mass is 16.6. The quantitative estimate of drug-likeness (QED) is 0.0261. The van der Waals surface area contributed by atoms with E-state index >= 15 is 0 Å². The monoisotopic (exact) mass is 1160 g/mol. The number of carbonyl (C=O) groups is 3. The standard InChI is InChI=1S/C77H136O6/c1-4-7-10-13-16-19-22-25-27-29-31-32-33-34-35-36-37-38-39-40-41-42-43-44-46-47-49-52-55-58-61-64-67-70-76(79)82-73-74(72-81-75(78)69-66-63-60-57-54-51-24-21-18-15-12-9-6-3)83-77(80)71-68-65-62-59-56-53-50-48-45-30-28-26-23-20-17-14-11-8-5-2/h9,12,18,21-22,25-26,28-29,31,33-34,51,54,74H,4-8,10-11,13-17,19-20,23-24,27,30,32,35-50,52-53,55-73H2,1-3H3/b12-9-,21-18-,25-22-,28-26-,31-29-,34-33-,54-51-. The number of carbonyl (C=O) groups excluding carboxylic acids is 3. The number of hydrogen-bond donors (Lipinski definition) is 0. The summed E-state index contributed by atoms with van der Waals surface area (Å²) in [5, 5.41) is 0. The lowest BCUT2D eigenvalue weighted by Gasteiger charge is -2.18. The minimum atomic E-state index is -0.790. The Hall–Kier alpha value is -3.41. The number of allylic oxidation sites excluding steroid dienone is 14. The van der Waals surface area contributed by atoms with Crippen molar-refractivity contribution in [3.05, 3.63) is 85.1 Å². The number of ether oxygens (including phenoxy) is 3. The van der Waals surface area contributed by atoms with Crippen LogP contribution in [0.15, 0.2) is 85.1 Å². The van der Waals surface area contributed by atoms with Gasteiger partial charge in [-0.15, -0.1) is 0 Å². The molecule has 0 saturated carbocycles. The van der Waals surface area contributed by atoms with Crippen molar-refractivity contribution >= 4 is 17.9 Å². The van der Waals surface area contributed by atoms with Gasteiger partial charge >= 0.3 is 17.9 Å². The summed E-state index contributed by atoms with van der Waals surface area (Å²) < 4.78 is 16.9. The Morgan fingerprint density at radius 2 is 0.470 bits per heavy atom. The first-order valence-corrected chi connectivity index (χ1v) is 36.1. The molecule has 0 radical (unpaired) electrons. The summed E-state index contributed by atoms with van der Waals surface area (Å²) >= 11 is 0. The summed E-state index contributed by atoms with van der Waals surface area (Å²) in [7, 11) is 0. The Morgan fingerprint density at radius 1 is 0.253 bits per heavy atom. The van der Waals surface area contributed by atoms with E-state index in [-0.39, 0.29) is 31.1 Å². The third kappa shape index (κ3) is 69.3. The van der Waals surface area contributed by atoms with Gasteiger partial charge < -0.3 is 14.2 Å². The molecule has 0 N–H and O–H groups in total. The van der Waals surface area contributed by atoms with E-state index in [9.17, 15) is 14.4 Å². The molecule has 0 bridgehead atoms. The normalized spacial score (nSPS) is 12.6. The van der Waals surface area contributed by atoms with Crippen molar-refractivity contribution in [3.8, 4) is 0 Å². The molecule has 0 amide bonds. The van der Waals surface area contributed by atoms with Crippen LogP contribution in [-0.4, -0.2) is 37.2 Å². The molecule has 0 aliphatic rings. The first kappa shape index (κ1) is 79.6. The van der Waals surface area contributed by atoms with E-state index in [2.05, 4.69) is 106 Å². The van der Waals surface area contributed by atoms with E-state index in [1.165, 1.54) is 231 Å². The average Bonchev–Trinajstić information content (AvgIpc) is 3.49. The van der Waals surface area contributed by atoms with Crippen molar-refractivity contribution in [1.29, 1.82) is 0 Å². The zero-order valence-corrected chi connectivity index (χ0v) is 55.2. The number of esters is 3. The summed E-state index contributed by atoms with van der Waals surface area (Å²) in [6.07, 6.45) is 94.9. The van der Waals surface area contributed by atoms with Crippen LogP contribution in [0, 0.1) is 0 Å². The molecule has 1 atom stereocenters. The van der Waals surface area contributed by atoms with Crippen LogP contribution in [0.2, 0.25) is 0 Å². The predicted octanol–water partition coefficient (Wildman–Crippen LogP) is 25.0. The van der Waals surface area contributed by atoms with Crippen LogP contribution in [0.1, 0.15) is 367 Å². The summed E-state index contributed by atoms with van der Waals surface area (Å²) in [6.45, 7) is 6.53. The molecule has 0 aromatic rings. The minimum Gasteiger partial charge on any atom is -0.462 e. The number of hydrogen-bond acceptors (Lipinski definition) is 6. The Labute approximate surface area is 515 Å². The van der Waals surface area contributed by atoms with Crippen molar-refractivity contribution in [2.24, 2.45) is 0 Å². The van der Waals surface area contributed by atoms with Gasteiger partial charge in [-0.05, 0) is 116 Å². The molecule has 0 aliphatic heterocycles. The van der Waals surface area contributed by atoms with Gasteiger partial charge in [0.05, 0.1) is 0 Å². The van der Waals surface area contributed by atoms with Gasteiger partial charge in [0, 0.05) is 19.3 Å². The lowest BCUT2D eigenvalue weighted by Crippen LogP contribution is -2.30. The molecule has 480 valence electrons. The second-order valence-corrected chi connectivity index (χ2v) is 24.1. The molecule has 0 spiro atoms. The van der Waals surface area contributed by atoms with Gasteiger partial charge in [-0.25, -0.2) is 0 Å². The summed E-state index contributed by atoms with van der Waals surface area (Å²) in [6, 6.07) is 0. The molecule has 1 unspecified atom stereocenters. The fourth-order valence-electron chi connectivity index (χ4n) is 10.5. The molecule has 0 saturated heterocycles. The van der Waals surface area contributed by atoms with Crippen molar-refractivity contribution in [1.82, 2.24) is 0 Å². The third-order valence-electron chi connectivity index (χ3n) is 15.9. The fourth-order valence-corrected chi connectivity index (χ4v) is 10.5. The molecule has 83 heavy (non-hydrogen) atoms. The molecule has 0 heterocycles. The largest absolute Gasteiger partial charge is 0.462 e. The molecule has 6 heteroatoms. The Morgan fingerprint density at radius 3 is 0.759 bits per heavy atom. The maximum atomic E-state index is 12.9. The molecule has 0 fully saturated rings. The topological polar surface area (TPSA) is 78.9 Å². The van der Waals surface area contributed by atoms with Gasteiger partial charge in [0.2, 0.25) is 0 Å². The van der Waals surface area contributed by atoms with Gasteiger partial charge in [-0.2, -0.15) is 0 Å². The first-order valence-electron chi connectivity index (χ1n) is 36.1. The second-order valence-electron chi connectivity index (χ2n) is 24.1. The van der Waals surface area contributed by atoms with Crippen LogP contribution >= 0.6 is 0 Å². The van der Waals surface area contributed by atoms with E-state index < -0.39 is 6.10 Å². The van der Waals surface area contributed by atoms with E-state index in [0.717, 1.165) is 96.3 Å². The van der Waals surface area contributed by atoms with Crippen molar-refractivity contribution < 1.29 is 28.6 Å². The summed E-state index contributed by atoms with van der Waals surface area (Å²) in [5.41, 5.74) is 0. The molecule has 6 nitrogen and oxygen atoms in total. The molecule has 0 rings (SSSR count). The lowest BCUT2D eigenvalue weighted by molar-refractivity contribution is -0.167. The maximum Gasteiger partial charge on any atom is 0.306 e. The van der Waals surface area contributed by atoms with Crippen LogP contribution in [0.5, 0.6) is 0 Å². The van der Waals surface area contributed by atoms with E-state index in [0.29, 0.717) is 19.3 Å². The highest BCUT2D eigenvalue weighted by Crippen LogP contribution is 2.18. The van der Waals surface area contributed by atoms with E-state index in [1.807, 2.05) is 0 Å². The maximum absolute atomic E-state index is 12.9. The van der Waals surface area contributed by atoms with Crippen LogP contribution < -0.4 is 0 Å². The fraction of sp³-hybridized carbons (Fsp3) is 0.779. The first-order chi connectivity index (χ1) is 41.0. The van der Waals surface area contributed by atoms with Crippen LogP contribution in [-0.2, 0) is 28.6 Å². The highest BCUT2D eigenvalue weighted by molar-refractivity contribution is 5.71. The molecule has 0 aromatic carbocycles. The molecule has 0 aliphatic carbocycles. The second kappa shape index (κ2) is 71.1. The third-order valence-corrected chi connectivity index (χ3v) is 15.9. The Balaban J connectivity index is 4.18. The van der Waals surface area contributed by atoms with Gasteiger partial charge in [0.1, 0.15) is 13.2 Å². The Kier molecular flexibility index (Phi) is 68.2. The Bertz CT molecular complexity index is 1570. The SMILES string of the molecule is CC/C=C\C/C=C\C/C=C\CCCCCC(=O)OCC(COC(=O)CCCCCCCCCCCCCCCCCCCC/C=C\C/C=C\C/C=C\CCCCCCC)OC(=O)CCCCCCCCCCC/C=C\CCCCCCCC. The molecule has 0 aromatic heterocycles. The van der Waals surface area contributed by atoms with Crippen molar-refractivity contribution in [2.75, 3.05) is 13.2 Å². The molecular weight excluding hydrogens is 1020 g/mol. The van der Waals surface area contributed by atoms with E-state index in [4.69, 9.17) is 14.2 Å². The number of rotatable bonds is 66. The lowest BCUT2D eigenvalue weighted by atomic mass is 10.0. The number of unbranched alkanes of at least 4 members (excludes halogenated alkanes) is 41. The zero-order valence-electron chi connectivity index (χ0n) is 55.2. The van der Waals surface area contributed by atoms with Crippen LogP contribution in [0.25, 0.3) is 0 Å². The van der Waals surface area contributed by atoms with Crippen LogP contribution in [0.3, 0.4) is 0 Å². The zero-order chi connectivity index (χ0) is 59.9. The smallest absolute Gasteiger partial charge is 0.306 e. The van der Waals surface area contributed by atoms with Crippen molar-refractivity contribution in [3.63, 3.8) is 0 Å². The highest BCUT2D eigenvalue weighted by Gasteiger charge is 2.19. The van der Waals surface area contributed by atoms with Crippen molar-refractivity contribution in [2.45, 2.75) is 374 Å². The summed E-state index contributed by atoms with van der Waals surface area (Å²) in [5.74, 6) is -0.898. The average molecular weight is 1160 g/mol. The van der Waals surface area contributed by atoms with Gasteiger partial charge in [0.15, 0.2) is 6.10 Å². The minimum absolute atomic E-state index is 0.0835. The van der Waals surface area contributed by atoms with Crippen LogP contribution in [0.4, 0.5) is 0 Å². The van der Waals surface area contributed by atoms with Gasteiger partial charge in [0.25, 0.3) is 0 Å². The van der Waals surface area contributed by atoms with Gasteiger partial charge in [-0.3, -0.25) is 14.4 Å². The van der Waals surface area contributed by atoms with E-state index in [1.54, 1.807) is 0 Å². The predicted molar refractivity (Wildman–Crippen MR) is 362 cm³/mol. The molecular formula is C77H136O6.